The molecule has 3 aromatic carbocycles. The van der Waals surface area contributed by atoms with Crippen molar-refractivity contribution in [3.05, 3.63) is 87.0 Å². The molecule has 0 bridgehead atoms. The summed E-state index contributed by atoms with van der Waals surface area (Å²) in [4.78, 5) is 14.9. The monoisotopic (exact) mass is 359 g/mol. The van der Waals surface area contributed by atoms with E-state index in [-0.39, 0.29) is 16.6 Å². The van der Waals surface area contributed by atoms with Gasteiger partial charge in [0.2, 0.25) is 11.4 Å². The molecule has 0 unspecified atom stereocenters. The third-order valence-electron chi connectivity index (χ3n) is 5.64. The third-order valence-corrected chi connectivity index (χ3v) is 5.64. The third kappa shape index (κ3) is 2.44. The van der Waals surface area contributed by atoms with Gasteiger partial charge in [0.15, 0.2) is 0 Å². The number of benzene rings is 2. The average Bonchev–Trinajstić information content (AvgIpc) is 2.87. The number of likely N-dealkylation sites (N-methyl/N-ethyl adjacent to an activating group) is 1. The molecule has 1 aliphatic heterocycles. The lowest BCUT2D eigenvalue weighted by Gasteiger charge is -2.24. The molecule has 0 aliphatic carbocycles. The summed E-state index contributed by atoms with van der Waals surface area (Å²) < 4.78 is 1.73. The zero-order valence-electron chi connectivity index (χ0n) is 16.0. The maximum absolute atomic E-state index is 12.8. The van der Waals surface area contributed by atoms with Crippen molar-refractivity contribution in [2.45, 2.75) is 19.3 Å². The van der Waals surface area contributed by atoms with Crippen LogP contribution in [0.5, 0.6) is 5.75 Å². The highest BCUT2D eigenvalue weighted by molar-refractivity contribution is 5.77. The van der Waals surface area contributed by atoms with Gasteiger partial charge in [-0.2, -0.15) is 4.58 Å². The van der Waals surface area contributed by atoms with E-state index in [2.05, 4.69) is 30.9 Å². The summed E-state index contributed by atoms with van der Waals surface area (Å²) in [5.41, 5.74) is 4.22. The summed E-state index contributed by atoms with van der Waals surface area (Å²) in [6, 6.07) is 17.8. The van der Waals surface area contributed by atoms with Gasteiger partial charge < -0.3 is 10.0 Å². The largest absolute Gasteiger partial charge is 0.502 e. The molecule has 136 valence electrons. The summed E-state index contributed by atoms with van der Waals surface area (Å²) in [5.74, 6) is 0.0546. The van der Waals surface area contributed by atoms with E-state index in [0.717, 1.165) is 17.1 Å². The second kappa shape index (κ2) is 5.95. The van der Waals surface area contributed by atoms with Crippen LogP contribution in [0.4, 0.5) is 11.4 Å². The van der Waals surface area contributed by atoms with Crippen molar-refractivity contribution in [3.8, 4) is 5.75 Å². The van der Waals surface area contributed by atoms with Crippen LogP contribution in [-0.2, 0) is 5.41 Å². The lowest BCUT2D eigenvalue weighted by molar-refractivity contribution is 0.453. The van der Waals surface area contributed by atoms with E-state index in [0.29, 0.717) is 10.9 Å². The van der Waals surface area contributed by atoms with E-state index < -0.39 is 0 Å². The number of allylic oxidation sites excluding steroid dienone is 1. The fourth-order valence-corrected chi connectivity index (χ4v) is 4.03. The van der Waals surface area contributed by atoms with Crippen LogP contribution in [0.3, 0.4) is 0 Å². The summed E-state index contributed by atoms with van der Waals surface area (Å²) in [6.07, 6.45) is 1.83. The number of rotatable bonds is 2. The van der Waals surface area contributed by atoms with Gasteiger partial charge in [-0.25, -0.2) is 0 Å². The Morgan fingerprint density at radius 3 is 2.30 bits per heavy atom. The van der Waals surface area contributed by atoms with Gasteiger partial charge in [-0.1, -0.05) is 50.2 Å². The molecule has 0 fully saturated rings. The number of hydrogen-bond donors (Lipinski definition) is 1. The first-order valence-corrected chi connectivity index (χ1v) is 9.03. The van der Waals surface area contributed by atoms with E-state index in [1.165, 1.54) is 5.56 Å². The van der Waals surface area contributed by atoms with Crippen LogP contribution in [0.2, 0.25) is 0 Å². The number of fused-ring (bicyclic) bond motifs is 1. The van der Waals surface area contributed by atoms with E-state index in [4.69, 9.17) is 0 Å². The second-order valence-corrected chi connectivity index (χ2v) is 7.57. The molecule has 1 N–H and O–H groups in total. The highest BCUT2D eigenvalue weighted by Gasteiger charge is 2.39. The fraction of sp³-hybridized carbons (Fsp3) is 0.217. The molecule has 4 nitrogen and oxygen atoms in total. The van der Waals surface area contributed by atoms with Crippen molar-refractivity contribution in [1.29, 1.82) is 0 Å². The van der Waals surface area contributed by atoms with E-state index in [1.807, 2.05) is 55.6 Å². The minimum absolute atomic E-state index is 0.0546. The number of para-hydroxylation sites is 2. The molecule has 0 amide bonds. The van der Waals surface area contributed by atoms with Gasteiger partial charge in [-0.3, -0.25) is 4.79 Å². The molecule has 0 radical (unpaired) electrons. The maximum atomic E-state index is 12.8. The average molecular weight is 359 g/mol. The van der Waals surface area contributed by atoms with Crippen LogP contribution in [-0.4, -0.2) is 19.2 Å². The molecule has 0 atom stereocenters. The zero-order valence-corrected chi connectivity index (χ0v) is 16.0. The Morgan fingerprint density at radius 2 is 1.67 bits per heavy atom. The topological polar surface area (TPSA) is 43.5 Å². The van der Waals surface area contributed by atoms with Crippen LogP contribution in [0.25, 0.3) is 6.08 Å². The van der Waals surface area contributed by atoms with Gasteiger partial charge in [-0.15, -0.1) is 0 Å². The molecular weight excluding hydrogens is 336 g/mol. The number of hydrogen-bond acceptors (Lipinski definition) is 3. The van der Waals surface area contributed by atoms with Crippen molar-refractivity contribution in [1.82, 2.24) is 4.58 Å². The van der Waals surface area contributed by atoms with Gasteiger partial charge >= 0.3 is 0 Å². The molecule has 0 spiro atoms. The minimum atomic E-state index is -0.236. The van der Waals surface area contributed by atoms with Crippen molar-refractivity contribution < 1.29 is 5.11 Å². The van der Waals surface area contributed by atoms with Gasteiger partial charge in [0, 0.05) is 36.0 Å². The summed E-state index contributed by atoms with van der Waals surface area (Å²) in [7, 11) is 3.80. The number of nitrogens with zero attached hydrogens (tertiary/aromatic N) is 2. The molecule has 1 heterocycles. The standard InChI is InChI=1S/C23H22N2O2/c1-23(2)17-12-8-9-13-18(17)25(4)19(23)14-16-21(26)20(22(16)27)24(3)15-10-6-5-7-11-15/h5-14H,1-4H3/p+1. The van der Waals surface area contributed by atoms with E-state index in [9.17, 15) is 9.90 Å². The van der Waals surface area contributed by atoms with Gasteiger partial charge in [0.25, 0.3) is 10.8 Å². The normalized spacial score (nSPS) is 18.1. The molecule has 4 heteroatoms. The molecule has 0 saturated carbocycles. The Bertz CT molecular complexity index is 1150. The lowest BCUT2D eigenvalue weighted by atomic mass is 9.83. The minimum Gasteiger partial charge on any atom is -0.502 e. The predicted octanol–water partition coefficient (Wildman–Crippen LogP) is 3.13. The molecule has 3 aromatic rings. The van der Waals surface area contributed by atoms with Crippen LogP contribution in [0.15, 0.2) is 65.1 Å². The van der Waals surface area contributed by atoms with Crippen LogP contribution >= 0.6 is 0 Å². The van der Waals surface area contributed by atoms with Crippen LogP contribution in [0, 0.1) is 0 Å². The molecule has 27 heavy (non-hydrogen) atoms. The van der Waals surface area contributed by atoms with Crippen LogP contribution in [0.1, 0.15) is 25.0 Å². The van der Waals surface area contributed by atoms with Crippen molar-refractivity contribution in [3.63, 3.8) is 0 Å². The Kier molecular flexibility index (Phi) is 3.81. The highest BCUT2D eigenvalue weighted by Crippen LogP contribution is 2.47. The van der Waals surface area contributed by atoms with E-state index in [1.54, 1.807) is 11.6 Å². The molecule has 1 aliphatic rings. The molecule has 0 aromatic heterocycles. The Morgan fingerprint density at radius 1 is 1.04 bits per heavy atom. The highest BCUT2D eigenvalue weighted by atomic mass is 16.3. The second-order valence-electron chi connectivity index (χ2n) is 7.57. The molecule has 0 saturated heterocycles. The number of aromatic hydroxyl groups is 1. The summed E-state index contributed by atoms with van der Waals surface area (Å²) in [5, 5.41) is 11.0. The lowest BCUT2D eigenvalue weighted by Crippen LogP contribution is -2.42. The van der Waals surface area contributed by atoms with Gasteiger partial charge in [0.05, 0.1) is 5.56 Å². The van der Waals surface area contributed by atoms with Crippen LogP contribution < -0.4 is 20.3 Å². The molecular formula is C23H23N2O2+. The summed E-state index contributed by atoms with van der Waals surface area (Å²) in [6.45, 7) is 4.28. The van der Waals surface area contributed by atoms with Crippen molar-refractivity contribution in [2.75, 3.05) is 19.0 Å². The Labute approximate surface area is 158 Å². The number of anilines is 1. The first-order chi connectivity index (χ1) is 12.8. The van der Waals surface area contributed by atoms with Crippen molar-refractivity contribution in [2.24, 2.45) is 0 Å². The predicted molar refractivity (Wildman–Crippen MR) is 110 cm³/mol. The molecule has 4 rings (SSSR count). The summed E-state index contributed by atoms with van der Waals surface area (Å²) >= 11 is 0. The first kappa shape index (κ1) is 17.3. The smallest absolute Gasteiger partial charge is 0.296 e. The van der Waals surface area contributed by atoms with Crippen molar-refractivity contribution >= 4 is 17.5 Å². The first-order valence-electron chi connectivity index (χ1n) is 9.03. The quantitative estimate of drug-likeness (QED) is 0.715. The Balaban J connectivity index is 1.83. The maximum Gasteiger partial charge on any atom is 0.296 e. The van der Waals surface area contributed by atoms with Gasteiger partial charge in [-0.05, 0) is 17.7 Å². The van der Waals surface area contributed by atoms with E-state index >= 15 is 0 Å². The van der Waals surface area contributed by atoms with Gasteiger partial charge in [0.1, 0.15) is 7.05 Å². The zero-order chi connectivity index (χ0) is 19.3. The Hall–Kier alpha value is -3.14. The SMILES string of the molecule is CN1C(=Cc2c(O)c(=[N+](C)c3ccccc3)c2=O)C(C)(C)c2ccccc21. The fourth-order valence-electron chi connectivity index (χ4n) is 4.03.